The first kappa shape index (κ1) is 15.1. The summed E-state index contributed by atoms with van der Waals surface area (Å²) >= 11 is 0. The standard InChI is InChI=1S/C14H10N2O6/c1-22-14(19)10-7-15-6-9(13(17)18)12(10)8-4-2-3-5-11(8)16(20)21/h2-7H,1H3,(H,17,18). The van der Waals surface area contributed by atoms with Gasteiger partial charge in [-0.25, -0.2) is 9.59 Å². The minimum Gasteiger partial charge on any atom is -0.478 e. The lowest BCUT2D eigenvalue weighted by Crippen LogP contribution is -2.10. The van der Waals surface area contributed by atoms with Crippen LogP contribution < -0.4 is 0 Å². The zero-order valence-electron chi connectivity index (χ0n) is 11.3. The summed E-state index contributed by atoms with van der Waals surface area (Å²) in [6, 6.07) is 5.55. The number of aromatic nitrogens is 1. The van der Waals surface area contributed by atoms with Crippen LogP contribution in [0.15, 0.2) is 36.7 Å². The molecule has 22 heavy (non-hydrogen) atoms. The third-order valence-corrected chi connectivity index (χ3v) is 2.95. The van der Waals surface area contributed by atoms with E-state index in [0.29, 0.717) is 0 Å². The van der Waals surface area contributed by atoms with Crippen LogP contribution in [-0.2, 0) is 4.74 Å². The minimum atomic E-state index is -1.36. The molecule has 8 heteroatoms. The summed E-state index contributed by atoms with van der Waals surface area (Å²) in [5, 5.41) is 20.4. The average molecular weight is 302 g/mol. The number of aromatic carboxylic acids is 1. The number of nitro groups is 1. The van der Waals surface area contributed by atoms with Gasteiger partial charge in [0.15, 0.2) is 0 Å². The Bertz CT molecular complexity index is 772. The molecule has 1 N–H and O–H groups in total. The number of esters is 1. The summed E-state index contributed by atoms with van der Waals surface area (Å²) in [5.41, 5.74) is -0.885. The zero-order chi connectivity index (χ0) is 16.3. The molecule has 2 aromatic rings. The van der Waals surface area contributed by atoms with Crippen LogP contribution in [0.5, 0.6) is 0 Å². The molecule has 0 saturated carbocycles. The number of nitrogens with zero attached hydrogens (tertiary/aromatic N) is 2. The molecule has 1 aromatic carbocycles. The number of carboxylic acid groups (broad SMARTS) is 1. The Labute approximate surface area is 124 Å². The molecule has 2 rings (SSSR count). The topological polar surface area (TPSA) is 120 Å². The quantitative estimate of drug-likeness (QED) is 0.522. The number of hydrogen-bond acceptors (Lipinski definition) is 6. The molecule has 0 radical (unpaired) electrons. The lowest BCUT2D eigenvalue weighted by atomic mass is 9.95. The van der Waals surface area contributed by atoms with Crippen LogP contribution in [0.4, 0.5) is 5.69 Å². The molecule has 1 aromatic heterocycles. The fourth-order valence-electron chi connectivity index (χ4n) is 2.02. The van der Waals surface area contributed by atoms with Crippen molar-refractivity contribution in [1.29, 1.82) is 0 Å². The summed E-state index contributed by atoms with van der Waals surface area (Å²) in [7, 11) is 1.12. The number of hydrogen-bond donors (Lipinski definition) is 1. The molecule has 112 valence electrons. The van der Waals surface area contributed by atoms with Crippen LogP contribution in [-0.4, -0.2) is 34.1 Å². The molecule has 0 aliphatic heterocycles. The molecule has 0 bridgehead atoms. The third kappa shape index (κ3) is 2.62. The monoisotopic (exact) mass is 302 g/mol. The molecular weight excluding hydrogens is 292 g/mol. The zero-order valence-corrected chi connectivity index (χ0v) is 11.3. The van der Waals surface area contributed by atoms with Gasteiger partial charge in [0.1, 0.15) is 0 Å². The van der Waals surface area contributed by atoms with Crippen LogP contribution >= 0.6 is 0 Å². The van der Waals surface area contributed by atoms with E-state index in [2.05, 4.69) is 9.72 Å². The summed E-state index contributed by atoms with van der Waals surface area (Å²) in [5.74, 6) is -2.19. The first-order valence-corrected chi connectivity index (χ1v) is 6.00. The van der Waals surface area contributed by atoms with Crippen molar-refractivity contribution in [2.75, 3.05) is 7.11 Å². The predicted octanol–water partition coefficient (Wildman–Crippen LogP) is 2.14. The van der Waals surface area contributed by atoms with E-state index in [1.807, 2.05) is 0 Å². The van der Waals surface area contributed by atoms with Gasteiger partial charge in [0.2, 0.25) is 0 Å². The first-order chi connectivity index (χ1) is 10.5. The Morgan fingerprint density at radius 1 is 1.23 bits per heavy atom. The highest BCUT2D eigenvalue weighted by molar-refractivity contribution is 6.06. The number of carbonyl (C=O) groups excluding carboxylic acids is 1. The van der Waals surface area contributed by atoms with Crippen molar-refractivity contribution in [1.82, 2.24) is 4.98 Å². The van der Waals surface area contributed by atoms with Gasteiger partial charge >= 0.3 is 11.9 Å². The van der Waals surface area contributed by atoms with Gasteiger partial charge in [0.05, 0.1) is 28.7 Å². The number of carbonyl (C=O) groups is 2. The van der Waals surface area contributed by atoms with Gasteiger partial charge in [0, 0.05) is 24.0 Å². The van der Waals surface area contributed by atoms with Crippen LogP contribution in [0.25, 0.3) is 11.1 Å². The Morgan fingerprint density at radius 2 is 1.86 bits per heavy atom. The first-order valence-electron chi connectivity index (χ1n) is 6.00. The number of benzene rings is 1. The normalized spacial score (nSPS) is 10.0. The molecule has 1 heterocycles. The molecule has 0 fully saturated rings. The number of carboxylic acids is 1. The number of pyridine rings is 1. The maximum Gasteiger partial charge on any atom is 0.340 e. The fourth-order valence-corrected chi connectivity index (χ4v) is 2.02. The van der Waals surface area contributed by atoms with E-state index in [4.69, 9.17) is 0 Å². The van der Waals surface area contributed by atoms with Gasteiger partial charge < -0.3 is 9.84 Å². The molecule has 8 nitrogen and oxygen atoms in total. The Balaban J connectivity index is 2.86. The van der Waals surface area contributed by atoms with Gasteiger partial charge in [0.25, 0.3) is 5.69 Å². The average Bonchev–Trinajstić information content (AvgIpc) is 2.53. The van der Waals surface area contributed by atoms with Crippen molar-refractivity contribution in [3.8, 4) is 11.1 Å². The van der Waals surface area contributed by atoms with Crippen molar-refractivity contribution in [2.24, 2.45) is 0 Å². The molecule has 0 spiro atoms. The van der Waals surface area contributed by atoms with E-state index in [0.717, 1.165) is 19.5 Å². The molecule has 0 aliphatic carbocycles. The van der Waals surface area contributed by atoms with Crippen LogP contribution in [0, 0.1) is 10.1 Å². The number of methoxy groups -OCH3 is 1. The predicted molar refractivity (Wildman–Crippen MR) is 74.6 cm³/mol. The lowest BCUT2D eigenvalue weighted by Gasteiger charge is -2.11. The maximum absolute atomic E-state index is 11.8. The molecule has 0 saturated heterocycles. The molecule has 0 aliphatic rings. The van der Waals surface area contributed by atoms with E-state index in [9.17, 15) is 24.8 Å². The van der Waals surface area contributed by atoms with Crippen molar-refractivity contribution < 1.29 is 24.4 Å². The largest absolute Gasteiger partial charge is 0.478 e. The number of nitro benzene ring substituents is 1. The summed E-state index contributed by atoms with van der Waals surface area (Å²) in [4.78, 5) is 37.4. The van der Waals surface area contributed by atoms with E-state index in [1.54, 1.807) is 0 Å². The third-order valence-electron chi connectivity index (χ3n) is 2.95. The van der Waals surface area contributed by atoms with E-state index in [-0.39, 0.29) is 27.9 Å². The van der Waals surface area contributed by atoms with Gasteiger partial charge in [-0.3, -0.25) is 15.1 Å². The lowest BCUT2D eigenvalue weighted by molar-refractivity contribution is -0.384. The highest BCUT2D eigenvalue weighted by Crippen LogP contribution is 2.34. The van der Waals surface area contributed by atoms with E-state index in [1.165, 1.54) is 24.3 Å². The Morgan fingerprint density at radius 3 is 2.45 bits per heavy atom. The minimum absolute atomic E-state index is 0.00713. The van der Waals surface area contributed by atoms with Crippen molar-refractivity contribution >= 4 is 17.6 Å². The number of rotatable bonds is 4. The Kier molecular flexibility index (Phi) is 4.12. The fraction of sp³-hybridized carbons (Fsp3) is 0.0714. The second-order valence-electron chi connectivity index (χ2n) is 4.18. The molecule has 0 unspecified atom stereocenters. The van der Waals surface area contributed by atoms with Crippen molar-refractivity contribution in [3.63, 3.8) is 0 Å². The van der Waals surface area contributed by atoms with Gasteiger partial charge in [-0.05, 0) is 6.07 Å². The molecular formula is C14H10N2O6. The second-order valence-corrected chi connectivity index (χ2v) is 4.18. The van der Waals surface area contributed by atoms with E-state index >= 15 is 0 Å². The van der Waals surface area contributed by atoms with Crippen LogP contribution in [0.1, 0.15) is 20.7 Å². The summed E-state index contributed by atoms with van der Waals surface area (Å²) in [6.07, 6.45) is 2.14. The maximum atomic E-state index is 11.8. The van der Waals surface area contributed by atoms with Crippen molar-refractivity contribution in [2.45, 2.75) is 0 Å². The van der Waals surface area contributed by atoms with Gasteiger partial charge in [-0.15, -0.1) is 0 Å². The van der Waals surface area contributed by atoms with Gasteiger partial charge in [-0.1, -0.05) is 12.1 Å². The van der Waals surface area contributed by atoms with E-state index < -0.39 is 16.9 Å². The van der Waals surface area contributed by atoms with Crippen LogP contribution in [0.2, 0.25) is 0 Å². The smallest absolute Gasteiger partial charge is 0.340 e. The number of ether oxygens (including phenoxy) is 1. The highest BCUT2D eigenvalue weighted by Gasteiger charge is 2.26. The molecule has 0 amide bonds. The molecule has 0 atom stereocenters. The van der Waals surface area contributed by atoms with Crippen molar-refractivity contribution in [3.05, 3.63) is 57.9 Å². The van der Waals surface area contributed by atoms with Crippen LogP contribution in [0.3, 0.4) is 0 Å². The number of para-hydroxylation sites is 1. The summed E-state index contributed by atoms with van der Waals surface area (Å²) in [6.45, 7) is 0. The Hall–Kier alpha value is -3.29. The SMILES string of the molecule is COC(=O)c1cncc(C(=O)O)c1-c1ccccc1[N+](=O)[O-]. The highest BCUT2D eigenvalue weighted by atomic mass is 16.6. The summed E-state index contributed by atoms with van der Waals surface area (Å²) < 4.78 is 4.59. The van der Waals surface area contributed by atoms with Gasteiger partial charge in [-0.2, -0.15) is 0 Å². The second kappa shape index (κ2) is 6.00.